The monoisotopic (exact) mass is 459 g/mol. The van der Waals surface area contributed by atoms with E-state index in [4.69, 9.17) is 0 Å². The first kappa shape index (κ1) is 11.0. The van der Waals surface area contributed by atoms with Gasteiger partial charge < -0.3 is 0 Å². The zero-order valence-electron chi connectivity index (χ0n) is 5.49. The molecule has 0 saturated carbocycles. The van der Waals surface area contributed by atoms with Crippen LogP contribution in [-0.4, -0.2) is 4.98 Å². The van der Waals surface area contributed by atoms with Crippen molar-refractivity contribution >= 4 is 61.1 Å². The molecule has 0 spiro atoms. The van der Waals surface area contributed by atoms with E-state index in [0.717, 1.165) is 0 Å². The van der Waals surface area contributed by atoms with Crippen LogP contribution in [0.2, 0.25) is 0 Å². The first-order valence-electron chi connectivity index (χ1n) is 2.81. The lowest BCUT2D eigenvalue weighted by Gasteiger charge is -2.06. The van der Waals surface area contributed by atoms with Gasteiger partial charge in [0.25, 0.3) is 6.43 Å². The average molecular weight is 460 g/mol. The zero-order chi connectivity index (χ0) is 9.30. The molecule has 6 heteroatoms. The molecule has 0 atom stereocenters. The molecule has 0 aliphatic carbocycles. The van der Waals surface area contributed by atoms with Gasteiger partial charge >= 0.3 is 0 Å². The highest BCUT2D eigenvalue weighted by Crippen LogP contribution is 2.32. The summed E-state index contributed by atoms with van der Waals surface area (Å²) >= 11 is 6.82. The van der Waals surface area contributed by atoms with E-state index in [1.54, 1.807) is 0 Å². The van der Waals surface area contributed by atoms with Crippen molar-refractivity contribution in [1.82, 2.24) is 4.98 Å². The first-order chi connectivity index (χ1) is 5.54. The van der Waals surface area contributed by atoms with Crippen LogP contribution in [0.4, 0.5) is 8.78 Å². The average Bonchev–Trinajstić information content (AvgIpc) is 1.97. The molecule has 0 bridgehead atoms. The molecule has 0 aliphatic rings. The lowest BCUT2D eigenvalue weighted by atomic mass is 10.3. The molecule has 1 rings (SSSR count). The maximum atomic E-state index is 12.4. The summed E-state index contributed by atoms with van der Waals surface area (Å²) < 4.78 is 26.3. The smallest absolute Gasteiger partial charge is 0.248 e. The molecule has 0 radical (unpaired) electrons. The Morgan fingerprint density at radius 2 is 2.00 bits per heavy atom. The minimum atomic E-state index is -2.46. The Hall–Kier alpha value is 0.950. The molecular weight excluding hydrogens is 458 g/mol. The summed E-state index contributed by atoms with van der Waals surface area (Å²) in [6, 6.07) is 0. The van der Waals surface area contributed by atoms with Crippen molar-refractivity contribution in [2.45, 2.75) is 6.43 Å². The molecule has 12 heavy (non-hydrogen) atoms. The number of hydrogen-bond acceptors (Lipinski definition) is 1. The van der Waals surface area contributed by atoms with Gasteiger partial charge in [0, 0.05) is 16.2 Å². The second-order valence-electron chi connectivity index (χ2n) is 1.93. The molecule has 1 heterocycles. The second-order valence-corrected chi connectivity index (χ2v) is 4.88. The zero-order valence-corrected chi connectivity index (χ0v) is 11.4. The van der Waals surface area contributed by atoms with Crippen molar-refractivity contribution in [3.63, 3.8) is 0 Å². The molecule has 0 N–H and O–H groups in total. The number of nitrogens with zero attached hydrogens (tertiary/aromatic N) is 1. The van der Waals surface area contributed by atoms with E-state index in [2.05, 4.69) is 20.9 Å². The molecule has 66 valence electrons. The van der Waals surface area contributed by atoms with E-state index >= 15 is 0 Å². The van der Waals surface area contributed by atoms with E-state index in [-0.39, 0.29) is 5.56 Å². The SMILES string of the molecule is FC(F)c1c(Br)cnc(I)c1I. The normalized spacial score (nSPS) is 10.8. The lowest BCUT2D eigenvalue weighted by molar-refractivity contribution is 0.149. The van der Waals surface area contributed by atoms with Crippen LogP contribution < -0.4 is 0 Å². The van der Waals surface area contributed by atoms with Gasteiger partial charge in [-0.25, -0.2) is 13.8 Å². The largest absolute Gasteiger partial charge is 0.266 e. The summed E-state index contributed by atoms with van der Waals surface area (Å²) in [4.78, 5) is 3.92. The lowest BCUT2D eigenvalue weighted by Crippen LogP contribution is -1.96. The highest BCUT2D eigenvalue weighted by molar-refractivity contribution is 14.1. The fraction of sp³-hybridized carbons (Fsp3) is 0.167. The van der Waals surface area contributed by atoms with Crippen molar-refractivity contribution < 1.29 is 8.78 Å². The number of hydrogen-bond donors (Lipinski definition) is 0. The quantitative estimate of drug-likeness (QED) is 0.457. The van der Waals surface area contributed by atoms with Gasteiger partial charge in [-0.2, -0.15) is 0 Å². The van der Waals surface area contributed by atoms with Gasteiger partial charge in [-0.1, -0.05) is 0 Å². The van der Waals surface area contributed by atoms with E-state index < -0.39 is 6.43 Å². The van der Waals surface area contributed by atoms with Crippen LogP contribution in [0.15, 0.2) is 10.7 Å². The van der Waals surface area contributed by atoms with E-state index in [1.807, 2.05) is 45.2 Å². The minimum absolute atomic E-state index is 0.0231. The molecule has 1 nitrogen and oxygen atoms in total. The van der Waals surface area contributed by atoms with Crippen molar-refractivity contribution in [3.8, 4) is 0 Å². The van der Waals surface area contributed by atoms with Crippen LogP contribution in [-0.2, 0) is 0 Å². The van der Waals surface area contributed by atoms with Crippen LogP contribution in [0.1, 0.15) is 12.0 Å². The molecule has 0 aromatic carbocycles. The Bertz CT molecular complexity index is 306. The number of rotatable bonds is 1. The van der Waals surface area contributed by atoms with Crippen molar-refractivity contribution in [2.75, 3.05) is 0 Å². The Morgan fingerprint density at radius 3 is 2.42 bits per heavy atom. The summed E-state index contributed by atoms with van der Waals surface area (Å²) in [7, 11) is 0. The summed E-state index contributed by atoms with van der Waals surface area (Å²) in [5, 5.41) is 0. The molecule has 0 amide bonds. The van der Waals surface area contributed by atoms with E-state index in [0.29, 0.717) is 11.7 Å². The summed E-state index contributed by atoms with van der Waals surface area (Å²) in [5.74, 6) is 0. The number of alkyl halides is 2. The summed E-state index contributed by atoms with van der Waals surface area (Å²) in [6.45, 7) is 0. The number of halogens is 5. The molecule has 1 aromatic rings. The van der Waals surface area contributed by atoms with Gasteiger partial charge in [0.1, 0.15) is 3.70 Å². The third-order valence-electron chi connectivity index (χ3n) is 1.18. The third kappa shape index (κ3) is 2.25. The van der Waals surface area contributed by atoms with Crippen LogP contribution in [0, 0.1) is 7.27 Å². The third-order valence-corrected chi connectivity index (χ3v) is 4.76. The number of pyridine rings is 1. The Morgan fingerprint density at radius 1 is 1.42 bits per heavy atom. The predicted molar refractivity (Wildman–Crippen MR) is 62.3 cm³/mol. The topological polar surface area (TPSA) is 12.9 Å². The Kier molecular flexibility index (Phi) is 4.09. The van der Waals surface area contributed by atoms with Crippen LogP contribution in [0.25, 0.3) is 0 Å². The second kappa shape index (κ2) is 4.45. The molecule has 0 fully saturated rings. The fourth-order valence-corrected chi connectivity index (χ4v) is 2.59. The maximum Gasteiger partial charge on any atom is 0.266 e. The highest BCUT2D eigenvalue weighted by Gasteiger charge is 2.17. The van der Waals surface area contributed by atoms with E-state index in [9.17, 15) is 8.78 Å². The van der Waals surface area contributed by atoms with Crippen molar-refractivity contribution in [3.05, 3.63) is 23.5 Å². The molecular formula is C6H2BrF2I2N. The van der Waals surface area contributed by atoms with Gasteiger partial charge in [0.05, 0.1) is 3.57 Å². The molecule has 0 unspecified atom stereocenters. The van der Waals surface area contributed by atoms with Gasteiger partial charge in [0.2, 0.25) is 0 Å². The molecule has 0 aliphatic heterocycles. The Balaban J connectivity index is 3.33. The van der Waals surface area contributed by atoms with E-state index in [1.165, 1.54) is 6.20 Å². The van der Waals surface area contributed by atoms with Crippen LogP contribution >= 0.6 is 61.1 Å². The van der Waals surface area contributed by atoms with Crippen molar-refractivity contribution in [2.24, 2.45) is 0 Å². The Labute approximate surface area is 104 Å². The summed E-state index contributed by atoms with van der Waals surface area (Å²) in [5.41, 5.74) is 0.0231. The van der Waals surface area contributed by atoms with Gasteiger partial charge in [-0.05, 0) is 61.1 Å². The maximum absolute atomic E-state index is 12.4. The van der Waals surface area contributed by atoms with Crippen molar-refractivity contribution in [1.29, 1.82) is 0 Å². The van der Waals surface area contributed by atoms with Gasteiger partial charge in [-0.3, -0.25) is 0 Å². The standard InChI is InChI=1S/C6H2BrF2I2N/c7-2-1-12-6(11)4(10)3(2)5(8)9/h1,5H. The molecule has 0 saturated heterocycles. The predicted octanol–water partition coefficient (Wildman–Crippen LogP) is 3.99. The van der Waals surface area contributed by atoms with Crippen LogP contribution in [0.3, 0.4) is 0 Å². The van der Waals surface area contributed by atoms with Crippen LogP contribution in [0.5, 0.6) is 0 Å². The fourth-order valence-electron chi connectivity index (χ4n) is 0.656. The minimum Gasteiger partial charge on any atom is -0.248 e. The molecule has 1 aromatic heterocycles. The van der Waals surface area contributed by atoms with Gasteiger partial charge in [-0.15, -0.1) is 0 Å². The first-order valence-corrected chi connectivity index (χ1v) is 5.76. The summed E-state index contributed by atoms with van der Waals surface area (Å²) in [6.07, 6.45) is -1.06. The highest BCUT2D eigenvalue weighted by atomic mass is 127. The number of aromatic nitrogens is 1. The van der Waals surface area contributed by atoms with Gasteiger partial charge in [0.15, 0.2) is 0 Å².